The molecular formula is C46H90O3. The van der Waals surface area contributed by atoms with Gasteiger partial charge in [0, 0.05) is 19.3 Å². The summed E-state index contributed by atoms with van der Waals surface area (Å²) in [5.41, 5.74) is 0. The highest BCUT2D eigenvalue weighted by Gasteiger charge is 2.04. The molecule has 0 unspecified atom stereocenters. The van der Waals surface area contributed by atoms with Crippen molar-refractivity contribution in [3.63, 3.8) is 0 Å². The van der Waals surface area contributed by atoms with E-state index in [9.17, 15) is 9.59 Å². The van der Waals surface area contributed by atoms with Crippen LogP contribution in [0.5, 0.6) is 0 Å². The van der Waals surface area contributed by atoms with Gasteiger partial charge in [0.15, 0.2) is 0 Å². The summed E-state index contributed by atoms with van der Waals surface area (Å²) in [5.74, 6) is 0.493. The Hall–Kier alpha value is -0.860. The van der Waals surface area contributed by atoms with Crippen LogP contribution in [-0.4, -0.2) is 18.4 Å². The molecule has 0 aromatic carbocycles. The summed E-state index contributed by atoms with van der Waals surface area (Å²) in [6.45, 7) is 5.17. The highest BCUT2D eigenvalue weighted by atomic mass is 16.5. The fraction of sp³-hybridized carbons (Fsp3) is 0.957. The number of hydrogen-bond donors (Lipinski definition) is 0. The molecule has 0 amide bonds. The first-order valence-corrected chi connectivity index (χ1v) is 22.9. The van der Waals surface area contributed by atoms with Crippen molar-refractivity contribution < 1.29 is 14.3 Å². The highest BCUT2D eigenvalue weighted by Crippen LogP contribution is 2.16. The molecule has 0 saturated heterocycles. The molecule has 49 heavy (non-hydrogen) atoms. The molecule has 0 atom stereocenters. The Morgan fingerprint density at radius 2 is 0.510 bits per heavy atom. The molecule has 0 aromatic rings. The fourth-order valence-corrected chi connectivity index (χ4v) is 7.20. The first-order valence-electron chi connectivity index (χ1n) is 22.9. The number of carbonyl (C=O) groups is 2. The minimum Gasteiger partial charge on any atom is -0.466 e. The molecule has 0 spiro atoms. The van der Waals surface area contributed by atoms with Crippen LogP contribution in [0, 0.1) is 0 Å². The highest BCUT2D eigenvalue weighted by molar-refractivity contribution is 5.78. The Kier molecular flexibility index (Phi) is 42.5. The Bertz CT molecular complexity index is 644. The van der Waals surface area contributed by atoms with Crippen molar-refractivity contribution in [2.75, 3.05) is 6.61 Å². The Morgan fingerprint density at radius 1 is 0.286 bits per heavy atom. The van der Waals surface area contributed by atoms with E-state index < -0.39 is 0 Å². The minimum absolute atomic E-state index is 0.00245. The molecule has 3 heteroatoms. The van der Waals surface area contributed by atoms with Gasteiger partial charge in [0.1, 0.15) is 5.78 Å². The summed E-state index contributed by atoms with van der Waals surface area (Å²) in [5, 5.41) is 0. The number of esters is 1. The zero-order valence-corrected chi connectivity index (χ0v) is 33.9. The predicted molar refractivity (Wildman–Crippen MR) is 217 cm³/mol. The normalized spacial score (nSPS) is 11.4. The smallest absolute Gasteiger partial charge is 0.305 e. The maximum Gasteiger partial charge on any atom is 0.305 e. The van der Waals surface area contributed by atoms with E-state index in [1.165, 1.54) is 212 Å². The first kappa shape index (κ1) is 48.1. The van der Waals surface area contributed by atoms with Gasteiger partial charge < -0.3 is 4.74 Å². The summed E-state index contributed by atoms with van der Waals surface area (Å²) in [4.78, 5) is 24.2. The topological polar surface area (TPSA) is 43.4 Å². The van der Waals surface area contributed by atoms with Crippen LogP contribution in [-0.2, 0) is 14.3 Å². The summed E-state index contributed by atoms with van der Waals surface area (Å²) in [6.07, 6.45) is 52.5. The second kappa shape index (κ2) is 43.3. The molecule has 3 nitrogen and oxygen atoms in total. The van der Waals surface area contributed by atoms with Crippen molar-refractivity contribution in [3.05, 3.63) is 0 Å². The third-order valence-electron chi connectivity index (χ3n) is 10.7. The van der Waals surface area contributed by atoms with Gasteiger partial charge in [0.2, 0.25) is 0 Å². The second-order valence-corrected chi connectivity index (χ2v) is 15.7. The predicted octanol–water partition coefficient (Wildman–Crippen LogP) is 16.1. The van der Waals surface area contributed by atoms with Gasteiger partial charge in [-0.05, 0) is 25.7 Å². The van der Waals surface area contributed by atoms with Crippen LogP contribution < -0.4 is 0 Å². The van der Waals surface area contributed by atoms with E-state index in [1.807, 2.05) is 0 Å². The largest absolute Gasteiger partial charge is 0.466 e. The van der Waals surface area contributed by atoms with Crippen LogP contribution in [0.2, 0.25) is 0 Å². The fourth-order valence-electron chi connectivity index (χ4n) is 7.20. The van der Waals surface area contributed by atoms with Crippen LogP contribution in [0.25, 0.3) is 0 Å². The Balaban J connectivity index is 3.22. The molecular weight excluding hydrogens is 601 g/mol. The van der Waals surface area contributed by atoms with Crippen LogP contribution in [0.1, 0.15) is 277 Å². The molecule has 0 aromatic heterocycles. The van der Waals surface area contributed by atoms with Crippen molar-refractivity contribution in [1.29, 1.82) is 0 Å². The zero-order valence-electron chi connectivity index (χ0n) is 33.9. The quantitative estimate of drug-likeness (QED) is 0.0472. The maximum atomic E-state index is 12.2. The lowest BCUT2D eigenvalue weighted by Gasteiger charge is -2.06. The van der Waals surface area contributed by atoms with Crippen molar-refractivity contribution in [2.24, 2.45) is 0 Å². The van der Waals surface area contributed by atoms with E-state index >= 15 is 0 Å². The van der Waals surface area contributed by atoms with Gasteiger partial charge in [0.05, 0.1) is 6.61 Å². The number of unbranched alkanes of at least 4 members (excludes halogenated alkanes) is 35. The number of Topliss-reactive ketones (excluding diaryl/α,β-unsaturated/α-hetero) is 1. The summed E-state index contributed by atoms with van der Waals surface area (Å²) in [6, 6.07) is 0. The average Bonchev–Trinajstić information content (AvgIpc) is 3.10. The van der Waals surface area contributed by atoms with E-state index in [0.29, 0.717) is 18.8 Å². The summed E-state index contributed by atoms with van der Waals surface area (Å²) >= 11 is 0. The van der Waals surface area contributed by atoms with E-state index in [1.54, 1.807) is 0 Å². The lowest BCUT2D eigenvalue weighted by Crippen LogP contribution is -2.05. The third kappa shape index (κ3) is 43.2. The molecule has 0 aliphatic heterocycles. The van der Waals surface area contributed by atoms with Gasteiger partial charge in [-0.15, -0.1) is 0 Å². The Labute approximate surface area is 309 Å². The summed E-state index contributed by atoms with van der Waals surface area (Å²) < 4.78 is 5.45. The molecule has 0 bridgehead atoms. The van der Waals surface area contributed by atoms with E-state index in [0.717, 1.165) is 44.9 Å². The third-order valence-corrected chi connectivity index (χ3v) is 10.7. The number of hydrogen-bond acceptors (Lipinski definition) is 3. The monoisotopic (exact) mass is 691 g/mol. The van der Waals surface area contributed by atoms with Crippen molar-refractivity contribution in [3.8, 4) is 0 Å². The van der Waals surface area contributed by atoms with Crippen LogP contribution in [0.4, 0.5) is 0 Å². The molecule has 0 heterocycles. The van der Waals surface area contributed by atoms with E-state index in [-0.39, 0.29) is 5.97 Å². The molecule has 0 radical (unpaired) electrons. The standard InChI is InChI=1S/C46H90O3/c1-3-5-7-9-11-13-15-17-18-19-20-22-23-25-29-33-37-41-45(47)42-38-34-30-27-28-32-36-40-44-49-46(48)43-39-35-31-26-24-21-16-14-12-10-8-6-4-2/h3-44H2,1-2H3. The molecule has 0 aliphatic carbocycles. The molecule has 292 valence electrons. The lowest BCUT2D eigenvalue weighted by atomic mass is 10.0. The lowest BCUT2D eigenvalue weighted by molar-refractivity contribution is -0.143. The number of ether oxygens (including phenoxy) is 1. The second-order valence-electron chi connectivity index (χ2n) is 15.7. The molecule has 0 aliphatic rings. The van der Waals surface area contributed by atoms with Gasteiger partial charge >= 0.3 is 5.97 Å². The van der Waals surface area contributed by atoms with Crippen molar-refractivity contribution in [2.45, 2.75) is 277 Å². The summed E-state index contributed by atoms with van der Waals surface area (Å²) in [7, 11) is 0. The SMILES string of the molecule is CCCCCCCCCCCCCCCCCCCC(=O)CCCCCCCCCCOC(=O)CCCCCCCCCCCCCCC. The van der Waals surface area contributed by atoms with Gasteiger partial charge in [-0.2, -0.15) is 0 Å². The van der Waals surface area contributed by atoms with Crippen molar-refractivity contribution >= 4 is 11.8 Å². The Morgan fingerprint density at radius 3 is 0.796 bits per heavy atom. The minimum atomic E-state index is 0.00245. The molecule has 0 N–H and O–H groups in total. The molecule has 0 saturated carbocycles. The number of rotatable bonds is 43. The average molecular weight is 691 g/mol. The van der Waals surface area contributed by atoms with Crippen LogP contribution >= 0.6 is 0 Å². The van der Waals surface area contributed by atoms with Gasteiger partial charge in [-0.1, -0.05) is 232 Å². The number of ketones is 1. The molecule has 0 fully saturated rings. The van der Waals surface area contributed by atoms with Crippen LogP contribution in [0.15, 0.2) is 0 Å². The first-order chi connectivity index (χ1) is 24.2. The van der Waals surface area contributed by atoms with E-state index in [4.69, 9.17) is 4.74 Å². The maximum absolute atomic E-state index is 12.2. The molecule has 0 rings (SSSR count). The van der Waals surface area contributed by atoms with Gasteiger partial charge in [-0.25, -0.2) is 0 Å². The van der Waals surface area contributed by atoms with E-state index in [2.05, 4.69) is 13.8 Å². The van der Waals surface area contributed by atoms with Gasteiger partial charge in [-0.3, -0.25) is 9.59 Å². The number of carbonyl (C=O) groups excluding carboxylic acids is 2. The van der Waals surface area contributed by atoms with Crippen LogP contribution in [0.3, 0.4) is 0 Å². The van der Waals surface area contributed by atoms with Crippen molar-refractivity contribution in [1.82, 2.24) is 0 Å². The zero-order chi connectivity index (χ0) is 35.6. The van der Waals surface area contributed by atoms with Gasteiger partial charge in [0.25, 0.3) is 0 Å².